The van der Waals surface area contributed by atoms with Crippen LogP contribution in [0.25, 0.3) is 0 Å². The van der Waals surface area contributed by atoms with E-state index in [2.05, 4.69) is 5.32 Å². The minimum atomic E-state index is -0.0237. The van der Waals surface area contributed by atoms with Crippen LogP contribution in [0.5, 0.6) is 5.75 Å². The monoisotopic (exact) mass is 196 g/mol. The molecule has 14 heavy (non-hydrogen) atoms. The Balaban J connectivity index is 2.86. The lowest BCUT2D eigenvalue weighted by Gasteiger charge is -2.15. The van der Waals surface area contributed by atoms with Crippen LogP contribution < -0.4 is 15.8 Å². The summed E-state index contributed by atoms with van der Waals surface area (Å²) in [6, 6.07) is 5.47. The SMILES string of the molecule is COc1cccc(NC(C)CO)c1N. The van der Waals surface area contributed by atoms with Crippen molar-refractivity contribution in [2.75, 3.05) is 24.8 Å². The largest absolute Gasteiger partial charge is 0.495 e. The van der Waals surface area contributed by atoms with Crippen LogP contribution in [0.1, 0.15) is 6.92 Å². The smallest absolute Gasteiger partial charge is 0.143 e. The maximum Gasteiger partial charge on any atom is 0.143 e. The van der Waals surface area contributed by atoms with Crippen LogP contribution in [0.2, 0.25) is 0 Å². The van der Waals surface area contributed by atoms with Crippen LogP contribution in [0, 0.1) is 0 Å². The average molecular weight is 196 g/mol. The number of ether oxygens (including phenoxy) is 1. The fraction of sp³-hybridized carbons (Fsp3) is 0.400. The van der Waals surface area contributed by atoms with E-state index in [4.69, 9.17) is 15.6 Å². The third kappa shape index (κ3) is 2.29. The number of hydrogen-bond donors (Lipinski definition) is 3. The van der Waals surface area contributed by atoms with Crippen molar-refractivity contribution < 1.29 is 9.84 Å². The highest BCUT2D eigenvalue weighted by molar-refractivity contribution is 5.73. The van der Waals surface area contributed by atoms with E-state index in [1.54, 1.807) is 13.2 Å². The molecule has 0 aliphatic heterocycles. The Labute approximate surface area is 83.7 Å². The Kier molecular flexibility index (Phi) is 3.59. The van der Waals surface area contributed by atoms with E-state index in [0.717, 1.165) is 5.69 Å². The molecule has 0 heterocycles. The zero-order chi connectivity index (χ0) is 10.6. The summed E-state index contributed by atoms with van der Waals surface area (Å²) >= 11 is 0. The summed E-state index contributed by atoms with van der Waals surface area (Å²) < 4.78 is 5.07. The van der Waals surface area contributed by atoms with E-state index in [1.807, 2.05) is 19.1 Å². The lowest BCUT2D eigenvalue weighted by molar-refractivity contribution is 0.281. The summed E-state index contributed by atoms with van der Waals surface area (Å²) in [5.74, 6) is 0.639. The van der Waals surface area contributed by atoms with Crippen LogP contribution >= 0.6 is 0 Å². The van der Waals surface area contributed by atoms with Crippen molar-refractivity contribution in [1.29, 1.82) is 0 Å². The quantitative estimate of drug-likeness (QED) is 0.630. The van der Waals surface area contributed by atoms with Crippen molar-refractivity contribution in [2.24, 2.45) is 0 Å². The van der Waals surface area contributed by atoms with Gasteiger partial charge < -0.3 is 20.9 Å². The number of nitrogen functional groups attached to an aromatic ring is 1. The van der Waals surface area contributed by atoms with Crippen LogP contribution in [-0.2, 0) is 0 Å². The fourth-order valence-electron chi connectivity index (χ4n) is 1.16. The lowest BCUT2D eigenvalue weighted by atomic mass is 10.2. The van der Waals surface area contributed by atoms with Crippen LogP contribution in [0.3, 0.4) is 0 Å². The Morgan fingerprint density at radius 1 is 1.57 bits per heavy atom. The van der Waals surface area contributed by atoms with Gasteiger partial charge in [0.05, 0.1) is 25.1 Å². The molecule has 78 valence electrons. The van der Waals surface area contributed by atoms with Crippen molar-refractivity contribution in [3.05, 3.63) is 18.2 Å². The van der Waals surface area contributed by atoms with Gasteiger partial charge in [0.15, 0.2) is 0 Å². The first-order valence-electron chi connectivity index (χ1n) is 4.49. The van der Waals surface area contributed by atoms with Crippen molar-refractivity contribution in [1.82, 2.24) is 0 Å². The van der Waals surface area contributed by atoms with Gasteiger partial charge in [-0.2, -0.15) is 0 Å². The summed E-state index contributed by atoms with van der Waals surface area (Å²) in [5, 5.41) is 12.0. The molecule has 1 atom stereocenters. The predicted octanol–water partition coefficient (Wildman–Crippen LogP) is 1.07. The molecule has 0 aliphatic carbocycles. The molecule has 1 aromatic carbocycles. The minimum Gasteiger partial charge on any atom is -0.495 e. The van der Waals surface area contributed by atoms with Crippen LogP contribution in [-0.4, -0.2) is 24.9 Å². The first-order valence-corrected chi connectivity index (χ1v) is 4.49. The second-order valence-electron chi connectivity index (χ2n) is 3.15. The summed E-state index contributed by atoms with van der Waals surface area (Å²) in [6.45, 7) is 1.94. The standard InChI is InChI=1S/C10H16N2O2/c1-7(6-13)12-8-4-3-5-9(14-2)10(8)11/h3-5,7,12-13H,6,11H2,1-2H3. The Morgan fingerprint density at radius 2 is 2.29 bits per heavy atom. The Morgan fingerprint density at radius 3 is 2.86 bits per heavy atom. The van der Waals surface area contributed by atoms with Gasteiger partial charge in [0, 0.05) is 6.04 Å². The molecule has 1 aromatic rings. The van der Waals surface area contributed by atoms with Gasteiger partial charge in [0.2, 0.25) is 0 Å². The lowest BCUT2D eigenvalue weighted by Crippen LogP contribution is -2.20. The molecule has 0 saturated carbocycles. The topological polar surface area (TPSA) is 67.5 Å². The van der Waals surface area contributed by atoms with Gasteiger partial charge in [-0.25, -0.2) is 0 Å². The van der Waals surface area contributed by atoms with E-state index in [0.29, 0.717) is 11.4 Å². The zero-order valence-corrected chi connectivity index (χ0v) is 8.45. The summed E-state index contributed by atoms with van der Waals surface area (Å²) in [6.07, 6.45) is 0. The number of hydrogen-bond acceptors (Lipinski definition) is 4. The fourth-order valence-corrected chi connectivity index (χ4v) is 1.16. The molecule has 0 saturated heterocycles. The molecular weight excluding hydrogens is 180 g/mol. The predicted molar refractivity (Wildman–Crippen MR) is 57.6 cm³/mol. The molecule has 0 amide bonds. The molecule has 1 rings (SSSR count). The van der Waals surface area contributed by atoms with E-state index < -0.39 is 0 Å². The van der Waals surface area contributed by atoms with Gasteiger partial charge in [-0.3, -0.25) is 0 Å². The van der Waals surface area contributed by atoms with E-state index in [9.17, 15) is 0 Å². The van der Waals surface area contributed by atoms with Crippen molar-refractivity contribution >= 4 is 11.4 Å². The second kappa shape index (κ2) is 4.72. The summed E-state index contributed by atoms with van der Waals surface area (Å²) in [5.41, 5.74) is 7.18. The zero-order valence-electron chi connectivity index (χ0n) is 8.45. The molecule has 0 aliphatic rings. The van der Waals surface area contributed by atoms with Gasteiger partial charge in [-0.1, -0.05) is 6.07 Å². The molecule has 0 aromatic heterocycles. The highest BCUT2D eigenvalue weighted by atomic mass is 16.5. The third-order valence-corrected chi connectivity index (χ3v) is 1.96. The van der Waals surface area contributed by atoms with Crippen LogP contribution in [0.4, 0.5) is 11.4 Å². The van der Waals surface area contributed by atoms with Gasteiger partial charge in [0.25, 0.3) is 0 Å². The van der Waals surface area contributed by atoms with Gasteiger partial charge >= 0.3 is 0 Å². The first-order chi connectivity index (χ1) is 6.69. The van der Waals surface area contributed by atoms with Crippen molar-refractivity contribution in [2.45, 2.75) is 13.0 Å². The summed E-state index contributed by atoms with van der Waals surface area (Å²) in [4.78, 5) is 0. The number of methoxy groups -OCH3 is 1. The number of nitrogens with one attached hydrogen (secondary N) is 1. The van der Waals surface area contributed by atoms with Crippen molar-refractivity contribution in [3.63, 3.8) is 0 Å². The maximum absolute atomic E-state index is 8.88. The van der Waals surface area contributed by atoms with Crippen LogP contribution in [0.15, 0.2) is 18.2 Å². The van der Waals surface area contributed by atoms with E-state index in [-0.39, 0.29) is 12.6 Å². The molecule has 1 unspecified atom stereocenters. The number of aliphatic hydroxyl groups excluding tert-OH is 1. The number of para-hydroxylation sites is 1. The number of aliphatic hydroxyl groups is 1. The minimum absolute atomic E-state index is 0.0237. The summed E-state index contributed by atoms with van der Waals surface area (Å²) in [7, 11) is 1.57. The molecule has 4 N–H and O–H groups in total. The molecular formula is C10H16N2O2. The van der Waals surface area contributed by atoms with Crippen molar-refractivity contribution in [3.8, 4) is 5.75 Å². The normalized spacial score (nSPS) is 12.2. The number of anilines is 2. The Hall–Kier alpha value is -1.42. The number of benzene rings is 1. The molecule has 0 radical (unpaired) electrons. The molecule has 0 spiro atoms. The highest BCUT2D eigenvalue weighted by Crippen LogP contribution is 2.29. The number of nitrogens with two attached hydrogens (primary N) is 1. The third-order valence-electron chi connectivity index (χ3n) is 1.96. The molecule has 0 bridgehead atoms. The van der Waals surface area contributed by atoms with Gasteiger partial charge in [-0.15, -0.1) is 0 Å². The maximum atomic E-state index is 8.88. The van der Waals surface area contributed by atoms with Gasteiger partial charge in [0.1, 0.15) is 5.75 Å². The molecule has 4 heteroatoms. The molecule has 0 fully saturated rings. The average Bonchev–Trinajstić information content (AvgIpc) is 2.21. The van der Waals surface area contributed by atoms with E-state index in [1.165, 1.54) is 0 Å². The first kappa shape index (κ1) is 10.7. The molecule has 4 nitrogen and oxygen atoms in total. The Bertz CT molecular complexity index is 302. The number of rotatable bonds is 4. The van der Waals surface area contributed by atoms with E-state index >= 15 is 0 Å². The second-order valence-corrected chi connectivity index (χ2v) is 3.15. The van der Waals surface area contributed by atoms with Gasteiger partial charge in [-0.05, 0) is 19.1 Å². The highest BCUT2D eigenvalue weighted by Gasteiger charge is 2.06.